The second kappa shape index (κ2) is 2.88. The Morgan fingerprint density at radius 3 is 2.25 bits per heavy atom. The van der Waals surface area contributed by atoms with Crippen LogP contribution in [0.25, 0.3) is 0 Å². The minimum Gasteiger partial charge on any atom is -0.158 e. The molecule has 5 heteroatoms. The lowest BCUT2D eigenvalue weighted by molar-refractivity contribution is 2.00. The highest BCUT2D eigenvalue weighted by Gasteiger charge is 2.22. The maximum Gasteiger partial charge on any atom is 0.111 e. The number of thioether (sulfide) groups is 2. The number of thiocarbonyl (C=S) groups is 2. The van der Waals surface area contributed by atoms with E-state index < -0.39 is 0 Å². The maximum absolute atomic E-state index is 4.90. The molecule has 0 nitrogen and oxygen atoms in total. The molecule has 0 amide bonds. The van der Waals surface area contributed by atoms with E-state index in [2.05, 4.69) is 12.6 Å². The molecule has 0 radical (unpaired) electrons. The van der Waals surface area contributed by atoms with Crippen LogP contribution in [0.1, 0.15) is 0 Å². The van der Waals surface area contributed by atoms with Crippen molar-refractivity contribution >= 4 is 68.3 Å². The molecule has 1 unspecified atom stereocenters. The van der Waals surface area contributed by atoms with Crippen molar-refractivity contribution in [1.29, 1.82) is 0 Å². The summed E-state index contributed by atoms with van der Waals surface area (Å²) in [6.07, 6.45) is 0. The van der Waals surface area contributed by atoms with Crippen LogP contribution in [0.4, 0.5) is 0 Å². The molecule has 1 atom stereocenters. The van der Waals surface area contributed by atoms with Crippen molar-refractivity contribution in [2.24, 2.45) is 0 Å². The van der Waals surface area contributed by atoms with Crippen molar-refractivity contribution < 1.29 is 0 Å². The highest BCUT2D eigenvalue weighted by molar-refractivity contribution is 8.60. The number of hydrogen-bond acceptors (Lipinski definition) is 5. The van der Waals surface area contributed by atoms with Crippen LogP contribution < -0.4 is 0 Å². The van der Waals surface area contributed by atoms with Crippen molar-refractivity contribution in [1.82, 2.24) is 0 Å². The molecule has 0 aromatic carbocycles. The van der Waals surface area contributed by atoms with Crippen molar-refractivity contribution in [2.75, 3.05) is 0 Å². The first-order valence-corrected chi connectivity index (χ1v) is 4.83. The largest absolute Gasteiger partial charge is 0.158 e. The molecular formula is C3H2S5. The molecule has 0 N–H and O–H groups in total. The molecule has 1 aliphatic rings. The Morgan fingerprint density at radius 1 is 1.50 bits per heavy atom. The van der Waals surface area contributed by atoms with Gasteiger partial charge in [-0.25, -0.2) is 0 Å². The molecule has 0 saturated carbocycles. The van der Waals surface area contributed by atoms with Crippen molar-refractivity contribution in [2.45, 2.75) is 4.58 Å². The van der Waals surface area contributed by atoms with Gasteiger partial charge in [0.05, 0.1) is 8.78 Å². The fraction of sp³-hybridized carbons (Fsp3) is 0.333. The summed E-state index contributed by atoms with van der Waals surface area (Å²) in [7, 11) is 0. The first-order valence-electron chi connectivity index (χ1n) is 1.80. The van der Waals surface area contributed by atoms with Gasteiger partial charge in [0.15, 0.2) is 0 Å². The standard InChI is InChI=1S/C3H2S5/c4-1-2(5)8-3(6)7-1/h1,4H. The summed E-state index contributed by atoms with van der Waals surface area (Å²) in [5.74, 6) is 0. The minimum absolute atomic E-state index is 0.155. The fourth-order valence-electron chi connectivity index (χ4n) is 0.296. The van der Waals surface area contributed by atoms with Gasteiger partial charge in [-0.1, -0.05) is 48.0 Å². The number of rotatable bonds is 0. The average molecular weight is 198 g/mol. The quantitative estimate of drug-likeness (QED) is 0.468. The van der Waals surface area contributed by atoms with Crippen molar-refractivity contribution in [3.8, 4) is 0 Å². The Bertz CT molecular complexity index is 139. The minimum atomic E-state index is 0.155. The second-order valence-corrected chi connectivity index (χ2v) is 6.06. The molecule has 1 rings (SSSR count). The van der Waals surface area contributed by atoms with E-state index >= 15 is 0 Å². The average Bonchev–Trinajstić information content (AvgIpc) is 1.85. The first kappa shape index (κ1) is 7.34. The molecule has 1 heterocycles. The molecule has 44 valence electrons. The van der Waals surface area contributed by atoms with Crippen LogP contribution in [-0.4, -0.2) is 12.3 Å². The maximum atomic E-state index is 4.90. The summed E-state index contributed by atoms with van der Waals surface area (Å²) in [6.45, 7) is 0. The third kappa shape index (κ3) is 1.60. The zero-order valence-corrected chi connectivity index (χ0v) is 7.82. The zero-order chi connectivity index (χ0) is 6.15. The van der Waals surface area contributed by atoms with Gasteiger partial charge in [0.2, 0.25) is 0 Å². The molecule has 1 fully saturated rings. The van der Waals surface area contributed by atoms with Gasteiger partial charge in [-0.3, -0.25) is 0 Å². The molecule has 0 aromatic rings. The third-order valence-corrected chi connectivity index (χ3v) is 4.63. The van der Waals surface area contributed by atoms with Crippen molar-refractivity contribution in [3.05, 3.63) is 0 Å². The van der Waals surface area contributed by atoms with Gasteiger partial charge < -0.3 is 0 Å². The molecular weight excluding hydrogens is 196 g/mol. The highest BCUT2D eigenvalue weighted by Crippen LogP contribution is 2.37. The Labute approximate surface area is 72.6 Å². The van der Waals surface area contributed by atoms with Crippen molar-refractivity contribution in [3.63, 3.8) is 0 Å². The van der Waals surface area contributed by atoms with E-state index in [1.807, 2.05) is 0 Å². The molecule has 0 bridgehead atoms. The van der Waals surface area contributed by atoms with E-state index in [1.54, 1.807) is 11.8 Å². The van der Waals surface area contributed by atoms with Crippen LogP contribution >= 0.6 is 60.6 Å². The third-order valence-electron chi connectivity index (χ3n) is 0.593. The van der Waals surface area contributed by atoms with Crippen LogP contribution in [0.2, 0.25) is 0 Å². The molecule has 8 heavy (non-hydrogen) atoms. The summed E-state index contributed by atoms with van der Waals surface area (Å²) in [6, 6.07) is 0. The van der Waals surface area contributed by atoms with Gasteiger partial charge in [0, 0.05) is 0 Å². The summed E-state index contributed by atoms with van der Waals surface area (Å²) in [5.41, 5.74) is 0. The first-order chi connectivity index (χ1) is 3.70. The van der Waals surface area contributed by atoms with E-state index in [4.69, 9.17) is 24.4 Å². The van der Waals surface area contributed by atoms with Gasteiger partial charge in [0.25, 0.3) is 0 Å². The summed E-state index contributed by atoms with van der Waals surface area (Å²) in [4.78, 5) is 0. The molecule has 1 saturated heterocycles. The predicted molar refractivity (Wildman–Crippen MR) is 53.2 cm³/mol. The van der Waals surface area contributed by atoms with E-state index in [0.717, 1.165) is 7.73 Å². The van der Waals surface area contributed by atoms with Gasteiger partial charge in [-0.05, 0) is 0 Å². The van der Waals surface area contributed by atoms with Crippen LogP contribution in [0.5, 0.6) is 0 Å². The summed E-state index contributed by atoms with van der Waals surface area (Å²) < 4.78 is 1.95. The normalized spacial score (nSPS) is 29.4. The van der Waals surface area contributed by atoms with E-state index in [0.29, 0.717) is 0 Å². The van der Waals surface area contributed by atoms with Gasteiger partial charge in [0.1, 0.15) is 3.53 Å². The number of hydrogen-bond donors (Lipinski definition) is 1. The van der Waals surface area contributed by atoms with Crippen LogP contribution in [-0.2, 0) is 0 Å². The Kier molecular flexibility index (Phi) is 2.64. The summed E-state index contributed by atoms with van der Waals surface area (Å²) in [5, 5.41) is 0. The monoisotopic (exact) mass is 198 g/mol. The Balaban J connectivity index is 2.64. The van der Waals surface area contributed by atoms with Gasteiger partial charge in [-0.2, -0.15) is 12.6 Å². The fourth-order valence-corrected chi connectivity index (χ4v) is 4.05. The highest BCUT2D eigenvalue weighted by atomic mass is 32.3. The SMILES string of the molecule is S=C1SC(=S)C(S)S1. The lowest BCUT2D eigenvalue weighted by Gasteiger charge is -1.90. The Hall–Kier alpha value is 1.23. The van der Waals surface area contributed by atoms with Gasteiger partial charge >= 0.3 is 0 Å². The molecule has 1 aliphatic heterocycles. The smallest absolute Gasteiger partial charge is 0.111 e. The van der Waals surface area contributed by atoms with E-state index in [1.165, 1.54) is 11.8 Å². The van der Waals surface area contributed by atoms with E-state index in [-0.39, 0.29) is 4.58 Å². The van der Waals surface area contributed by atoms with Crippen LogP contribution in [0, 0.1) is 0 Å². The lowest BCUT2D eigenvalue weighted by Crippen LogP contribution is -1.92. The lowest BCUT2D eigenvalue weighted by atomic mass is 10.9. The molecule has 0 spiro atoms. The molecule has 0 aliphatic carbocycles. The number of thiol groups is 1. The van der Waals surface area contributed by atoms with Crippen LogP contribution in [0.3, 0.4) is 0 Å². The van der Waals surface area contributed by atoms with Gasteiger partial charge in [-0.15, -0.1) is 0 Å². The van der Waals surface area contributed by atoms with Crippen LogP contribution in [0.15, 0.2) is 0 Å². The zero-order valence-electron chi connectivity index (χ0n) is 3.66. The molecule has 0 aromatic heterocycles. The van der Waals surface area contributed by atoms with E-state index in [9.17, 15) is 0 Å². The topological polar surface area (TPSA) is 0 Å². The Morgan fingerprint density at radius 2 is 2.12 bits per heavy atom. The second-order valence-electron chi connectivity index (χ2n) is 1.14. The summed E-state index contributed by atoms with van der Waals surface area (Å²) >= 11 is 16.9. The predicted octanol–water partition coefficient (Wildman–Crippen LogP) is 2.33.